The molecule has 0 aliphatic rings. The van der Waals surface area contributed by atoms with Crippen LogP contribution in [0.2, 0.25) is 5.02 Å². The number of ether oxygens (including phenoxy) is 1. The number of fused-ring (bicyclic) bond motifs is 1. The normalized spacial score (nSPS) is 11.7. The Morgan fingerprint density at radius 1 is 1.17 bits per heavy atom. The van der Waals surface area contributed by atoms with Crippen molar-refractivity contribution in [2.45, 2.75) is 6.18 Å². The maximum Gasteiger partial charge on any atom is 0.416 e. The maximum absolute atomic E-state index is 13.9. The molecule has 0 saturated carbocycles. The predicted molar refractivity (Wildman–Crippen MR) is 76.6 cm³/mol. The second-order valence-corrected chi connectivity index (χ2v) is 5.10. The van der Waals surface area contributed by atoms with Gasteiger partial charge in [-0.2, -0.15) is 13.2 Å². The fourth-order valence-corrected chi connectivity index (χ4v) is 2.22. The first kappa shape index (κ1) is 16.2. The smallest absolute Gasteiger partial charge is 0.416 e. The molecule has 1 aromatic heterocycles. The monoisotopic (exact) mass is 359 g/mol. The molecule has 0 amide bonds. The number of rotatable bonds is 2. The fourth-order valence-electron chi connectivity index (χ4n) is 1.97. The third-order valence-corrected chi connectivity index (χ3v) is 3.35. The minimum absolute atomic E-state index is 0.00144. The highest BCUT2D eigenvalue weighted by atomic mass is 35.5. The lowest BCUT2D eigenvalue weighted by molar-refractivity contribution is -0.137. The molecule has 0 fully saturated rings. The molecule has 0 atom stereocenters. The number of nitrogens with one attached hydrogen (secondary N) is 1. The first-order valence-corrected chi connectivity index (χ1v) is 6.73. The van der Waals surface area contributed by atoms with Crippen molar-refractivity contribution >= 4 is 22.5 Å². The summed E-state index contributed by atoms with van der Waals surface area (Å²) in [6, 6.07) is 4.82. The molecule has 5 nitrogen and oxygen atoms in total. The van der Waals surface area contributed by atoms with Gasteiger partial charge in [-0.15, -0.1) is 5.10 Å². The fraction of sp³-hybridized carbons (Fsp3) is 0.0714. The summed E-state index contributed by atoms with van der Waals surface area (Å²) < 4.78 is 56.9. The molecule has 0 unspecified atom stereocenters. The number of aromatic amines is 1. The molecule has 1 N–H and O–H groups in total. The molecule has 0 spiro atoms. The van der Waals surface area contributed by atoms with Gasteiger partial charge in [0.1, 0.15) is 11.3 Å². The van der Waals surface area contributed by atoms with Crippen molar-refractivity contribution in [3.8, 4) is 11.5 Å². The molecule has 3 rings (SSSR count). The van der Waals surface area contributed by atoms with Gasteiger partial charge in [-0.1, -0.05) is 16.8 Å². The molecular weight excluding hydrogens is 354 g/mol. The molecule has 0 aliphatic heterocycles. The van der Waals surface area contributed by atoms with Gasteiger partial charge >= 0.3 is 6.18 Å². The van der Waals surface area contributed by atoms with Crippen LogP contribution in [0.25, 0.3) is 10.9 Å². The van der Waals surface area contributed by atoms with Crippen molar-refractivity contribution in [2.24, 2.45) is 0 Å². The van der Waals surface area contributed by atoms with Crippen molar-refractivity contribution in [1.29, 1.82) is 0 Å². The third-order valence-electron chi connectivity index (χ3n) is 3.07. The van der Waals surface area contributed by atoms with E-state index in [1.807, 2.05) is 0 Å². The summed E-state index contributed by atoms with van der Waals surface area (Å²) in [5, 5.41) is 8.73. The van der Waals surface area contributed by atoms with E-state index in [0.29, 0.717) is 6.07 Å². The predicted octanol–water partition coefficient (Wildman–Crippen LogP) is 3.92. The Hall–Kier alpha value is -2.68. The zero-order valence-corrected chi connectivity index (χ0v) is 12.2. The largest absolute Gasteiger partial charge is 0.453 e. The van der Waals surface area contributed by atoms with Gasteiger partial charge < -0.3 is 4.74 Å². The Kier molecular flexibility index (Phi) is 3.88. The minimum atomic E-state index is -4.74. The van der Waals surface area contributed by atoms with E-state index in [1.54, 1.807) is 0 Å². The minimum Gasteiger partial charge on any atom is -0.453 e. The van der Waals surface area contributed by atoms with E-state index in [2.05, 4.69) is 15.4 Å². The van der Waals surface area contributed by atoms with Crippen molar-refractivity contribution in [1.82, 2.24) is 15.4 Å². The summed E-state index contributed by atoms with van der Waals surface area (Å²) in [7, 11) is 0. The summed E-state index contributed by atoms with van der Waals surface area (Å²) in [4.78, 5) is 11.6. The van der Waals surface area contributed by atoms with E-state index in [-0.39, 0.29) is 22.7 Å². The van der Waals surface area contributed by atoms with Crippen molar-refractivity contribution < 1.29 is 22.3 Å². The van der Waals surface area contributed by atoms with Crippen molar-refractivity contribution in [3.05, 3.63) is 57.1 Å². The van der Waals surface area contributed by atoms with Gasteiger partial charge in [-0.3, -0.25) is 4.79 Å². The van der Waals surface area contributed by atoms with E-state index in [0.717, 1.165) is 0 Å². The van der Waals surface area contributed by atoms with Crippen molar-refractivity contribution in [2.75, 3.05) is 0 Å². The molecule has 0 radical (unpaired) electrons. The van der Waals surface area contributed by atoms with E-state index in [4.69, 9.17) is 16.3 Å². The molecule has 2 aromatic carbocycles. The summed E-state index contributed by atoms with van der Waals surface area (Å²) >= 11 is 5.68. The lowest BCUT2D eigenvalue weighted by Gasteiger charge is -2.12. The SMILES string of the molecule is O=c1[nH]nnc2ccc(Oc3c(F)cc(C(F)(F)F)cc3Cl)cc12. The van der Waals surface area contributed by atoms with Crippen LogP contribution >= 0.6 is 11.6 Å². The van der Waals surface area contributed by atoms with Gasteiger partial charge in [0, 0.05) is 0 Å². The standard InChI is InChI=1S/C14H6ClF4N3O2/c15-9-3-6(14(17,18)19)4-10(16)12(9)24-7-1-2-11-8(5-7)13(23)21-22-20-11/h1-5H,(H,20,21,23). The zero-order chi connectivity index (χ0) is 17.5. The van der Waals surface area contributed by atoms with Crippen LogP contribution in [-0.4, -0.2) is 15.4 Å². The highest BCUT2D eigenvalue weighted by Crippen LogP contribution is 2.38. The van der Waals surface area contributed by atoms with Crippen LogP contribution < -0.4 is 10.3 Å². The van der Waals surface area contributed by atoms with E-state index in [9.17, 15) is 22.4 Å². The van der Waals surface area contributed by atoms with Crippen LogP contribution in [0.3, 0.4) is 0 Å². The number of benzene rings is 2. The summed E-state index contributed by atoms with van der Waals surface area (Å²) in [5.74, 6) is -1.86. The average Bonchev–Trinajstić information content (AvgIpc) is 2.50. The number of hydrogen-bond donors (Lipinski definition) is 1. The summed E-state index contributed by atoms with van der Waals surface area (Å²) in [5.41, 5.74) is -1.52. The highest BCUT2D eigenvalue weighted by Gasteiger charge is 2.32. The van der Waals surface area contributed by atoms with Gasteiger partial charge in [-0.25, -0.2) is 9.49 Å². The Morgan fingerprint density at radius 2 is 1.92 bits per heavy atom. The Balaban J connectivity index is 2.03. The molecule has 10 heteroatoms. The summed E-state index contributed by atoms with van der Waals surface area (Å²) in [6.45, 7) is 0. The first-order chi connectivity index (χ1) is 11.3. The van der Waals surface area contributed by atoms with Crippen LogP contribution in [-0.2, 0) is 6.18 Å². The molecule has 0 aliphatic carbocycles. The molecule has 0 saturated heterocycles. The molecule has 124 valence electrons. The second kappa shape index (κ2) is 5.75. The Morgan fingerprint density at radius 3 is 2.58 bits per heavy atom. The molecule has 0 bridgehead atoms. The van der Waals surface area contributed by atoms with Crippen LogP contribution in [0, 0.1) is 5.82 Å². The quantitative estimate of drug-likeness (QED) is 0.704. The van der Waals surface area contributed by atoms with Crippen LogP contribution in [0.4, 0.5) is 17.6 Å². The van der Waals surface area contributed by atoms with E-state index >= 15 is 0 Å². The van der Waals surface area contributed by atoms with Crippen LogP contribution in [0.1, 0.15) is 5.56 Å². The van der Waals surface area contributed by atoms with Gasteiger partial charge in [0.25, 0.3) is 5.56 Å². The molecular formula is C14H6ClF4N3O2. The average molecular weight is 360 g/mol. The number of halogens is 5. The molecule has 24 heavy (non-hydrogen) atoms. The van der Waals surface area contributed by atoms with Crippen LogP contribution in [0.15, 0.2) is 35.1 Å². The molecule has 3 aromatic rings. The number of alkyl halides is 3. The lowest BCUT2D eigenvalue weighted by Crippen LogP contribution is -2.09. The third kappa shape index (κ3) is 3.02. The van der Waals surface area contributed by atoms with Gasteiger partial charge in [0.2, 0.25) is 0 Å². The number of hydrogen-bond acceptors (Lipinski definition) is 4. The van der Waals surface area contributed by atoms with Crippen molar-refractivity contribution in [3.63, 3.8) is 0 Å². The Labute approximate surface area is 135 Å². The topological polar surface area (TPSA) is 67.9 Å². The zero-order valence-electron chi connectivity index (χ0n) is 11.5. The van der Waals surface area contributed by atoms with E-state index in [1.165, 1.54) is 18.2 Å². The van der Waals surface area contributed by atoms with Gasteiger partial charge in [0.05, 0.1) is 16.0 Å². The lowest BCUT2D eigenvalue weighted by atomic mass is 10.2. The van der Waals surface area contributed by atoms with Gasteiger partial charge in [0.15, 0.2) is 11.6 Å². The first-order valence-electron chi connectivity index (χ1n) is 6.35. The number of nitrogens with zero attached hydrogens (tertiary/aromatic N) is 2. The number of aromatic nitrogens is 3. The van der Waals surface area contributed by atoms with Gasteiger partial charge in [-0.05, 0) is 30.3 Å². The highest BCUT2D eigenvalue weighted by molar-refractivity contribution is 6.32. The maximum atomic E-state index is 13.9. The van der Waals surface area contributed by atoms with E-state index < -0.39 is 33.9 Å². The number of H-pyrrole nitrogens is 1. The molecule has 1 heterocycles. The van der Waals surface area contributed by atoms with Crippen LogP contribution in [0.5, 0.6) is 11.5 Å². The Bertz CT molecular complexity index is 965. The summed E-state index contributed by atoms with van der Waals surface area (Å²) in [6.07, 6.45) is -4.74. The second-order valence-electron chi connectivity index (χ2n) is 4.69.